The second-order valence-corrected chi connectivity index (χ2v) is 5.02. The Bertz CT molecular complexity index is 385. The molecule has 0 aliphatic heterocycles. The van der Waals surface area contributed by atoms with E-state index in [0.717, 1.165) is 16.5 Å². The lowest BCUT2D eigenvalue weighted by Crippen LogP contribution is -2.26. The minimum Gasteiger partial charge on any atom is -0.356 e. The first-order valence-electron chi connectivity index (χ1n) is 5.54. The summed E-state index contributed by atoms with van der Waals surface area (Å²) in [4.78, 5) is 11.5. The van der Waals surface area contributed by atoms with Crippen molar-refractivity contribution < 1.29 is 4.79 Å². The highest BCUT2D eigenvalue weighted by atomic mass is 79.9. The zero-order valence-corrected chi connectivity index (χ0v) is 11.9. The number of nitrogens with two attached hydrogens (primary N) is 1. The Hall–Kier alpha value is -0.580. The molecule has 0 spiro atoms. The summed E-state index contributed by atoms with van der Waals surface area (Å²) < 4.78 is 0.983. The molecule has 0 radical (unpaired) electrons. The summed E-state index contributed by atoms with van der Waals surface area (Å²) in [6.07, 6.45) is 1.95. The monoisotopic (exact) mass is 318 g/mol. The number of benzene rings is 1. The van der Waals surface area contributed by atoms with Crippen LogP contribution in [0.5, 0.6) is 0 Å². The van der Waals surface area contributed by atoms with Crippen LogP contribution >= 0.6 is 27.5 Å². The number of hydrogen-bond acceptors (Lipinski definition) is 2. The van der Waals surface area contributed by atoms with Gasteiger partial charge in [-0.3, -0.25) is 4.79 Å². The van der Waals surface area contributed by atoms with Crippen molar-refractivity contribution in [2.24, 2.45) is 5.73 Å². The fourth-order valence-electron chi connectivity index (χ4n) is 1.40. The third-order valence-electron chi connectivity index (χ3n) is 2.33. The Morgan fingerprint density at radius 1 is 1.47 bits per heavy atom. The molecule has 0 aromatic heterocycles. The molecule has 0 aliphatic rings. The minimum absolute atomic E-state index is 0.0466. The molecule has 1 aromatic carbocycles. The molecule has 1 aromatic rings. The molecule has 0 heterocycles. The Balaban J connectivity index is 2.39. The van der Waals surface area contributed by atoms with E-state index in [1.54, 1.807) is 0 Å². The number of hydrogen-bond donors (Lipinski definition) is 2. The standard InChI is InChI=1S/C12H16BrClN2O/c13-11-4-3-10(14)8-9(11)2-5-12(17)16-7-1-6-15/h3-4,8H,1-2,5-7,15H2,(H,16,17). The number of aryl methyl sites for hydroxylation is 1. The van der Waals surface area contributed by atoms with Gasteiger partial charge < -0.3 is 11.1 Å². The topological polar surface area (TPSA) is 55.1 Å². The fraction of sp³-hybridized carbons (Fsp3) is 0.417. The molecule has 94 valence electrons. The van der Waals surface area contributed by atoms with Gasteiger partial charge in [0.05, 0.1) is 0 Å². The van der Waals surface area contributed by atoms with Gasteiger partial charge in [-0.15, -0.1) is 0 Å². The molecule has 0 saturated carbocycles. The Kier molecular flexibility index (Phi) is 6.55. The second-order valence-electron chi connectivity index (χ2n) is 3.73. The third-order valence-corrected chi connectivity index (χ3v) is 3.34. The summed E-state index contributed by atoms with van der Waals surface area (Å²) in [5.74, 6) is 0.0466. The maximum atomic E-state index is 11.5. The molecule has 5 heteroatoms. The molecule has 0 saturated heterocycles. The molecule has 0 fully saturated rings. The highest BCUT2D eigenvalue weighted by Gasteiger charge is 2.05. The molecule has 0 aliphatic carbocycles. The lowest BCUT2D eigenvalue weighted by Gasteiger charge is -2.06. The van der Waals surface area contributed by atoms with Gasteiger partial charge in [0.25, 0.3) is 0 Å². The molecule has 1 rings (SSSR count). The van der Waals surface area contributed by atoms with Gasteiger partial charge in [0.1, 0.15) is 0 Å². The predicted octanol–water partition coefficient (Wildman–Crippen LogP) is 2.50. The Morgan fingerprint density at radius 2 is 2.24 bits per heavy atom. The number of rotatable bonds is 6. The summed E-state index contributed by atoms with van der Waals surface area (Å²) in [7, 11) is 0. The van der Waals surface area contributed by atoms with Gasteiger partial charge >= 0.3 is 0 Å². The van der Waals surface area contributed by atoms with E-state index in [0.29, 0.717) is 31.0 Å². The lowest BCUT2D eigenvalue weighted by molar-refractivity contribution is -0.121. The maximum absolute atomic E-state index is 11.5. The van der Waals surface area contributed by atoms with Crippen LogP contribution < -0.4 is 11.1 Å². The molecule has 3 N–H and O–H groups in total. The summed E-state index contributed by atoms with van der Waals surface area (Å²) in [5, 5.41) is 3.51. The first-order chi connectivity index (χ1) is 8.13. The van der Waals surface area contributed by atoms with Gasteiger partial charge in [0, 0.05) is 22.5 Å². The van der Waals surface area contributed by atoms with Crippen LogP contribution in [0.4, 0.5) is 0 Å². The second kappa shape index (κ2) is 7.69. The van der Waals surface area contributed by atoms with Crippen LogP contribution in [0.3, 0.4) is 0 Å². The predicted molar refractivity (Wildman–Crippen MR) is 74.2 cm³/mol. The average Bonchev–Trinajstić information content (AvgIpc) is 2.31. The number of carbonyl (C=O) groups is 1. The van der Waals surface area contributed by atoms with Crippen molar-refractivity contribution in [2.45, 2.75) is 19.3 Å². The highest BCUT2D eigenvalue weighted by molar-refractivity contribution is 9.10. The van der Waals surface area contributed by atoms with Crippen LogP contribution in [-0.4, -0.2) is 19.0 Å². The number of nitrogens with one attached hydrogen (secondary N) is 1. The lowest BCUT2D eigenvalue weighted by atomic mass is 10.1. The van der Waals surface area contributed by atoms with Crippen LogP contribution in [0, 0.1) is 0 Å². The zero-order chi connectivity index (χ0) is 12.7. The Morgan fingerprint density at radius 3 is 2.94 bits per heavy atom. The zero-order valence-electron chi connectivity index (χ0n) is 9.51. The van der Waals surface area contributed by atoms with Gasteiger partial charge in [-0.25, -0.2) is 0 Å². The summed E-state index contributed by atoms with van der Waals surface area (Å²) in [6, 6.07) is 5.58. The molecule has 0 atom stereocenters. The van der Waals surface area contributed by atoms with Crippen LogP contribution in [0.2, 0.25) is 5.02 Å². The van der Waals surface area contributed by atoms with E-state index in [4.69, 9.17) is 17.3 Å². The Labute approximate surface area is 115 Å². The normalized spacial score (nSPS) is 10.3. The largest absolute Gasteiger partial charge is 0.356 e. The number of carbonyl (C=O) groups excluding carboxylic acids is 1. The van der Waals surface area contributed by atoms with Crippen LogP contribution in [0.15, 0.2) is 22.7 Å². The van der Waals surface area contributed by atoms with Crippen LogP contribution in [0.25, 0.3) is 0 Å². The van der Waals surface area contributed by atoms with Gasteiger partial charge in [-0.05, 0) is 43.1 Å². The summed E-state index contributed by atoms with van der Waals surface area (Å²) >= 11 is 9.34. The van der Waals surface area contributed by atoms with Crippen LogP contribution in [-0.2, 0) is 11.2 Å². The van der Waals surface area contributed by atoms with Gasteiger partial charge in [0.2, 0.25) is 5.91 Å². The maximum Gasteiger partial charge on any atom is 0.220 e. The van der Waals surface area contributed by atoms with E-state index in [1.807, 2.05) is 18.2 Å². The van der Waals surface area contributed by atoms with Crippen molar-refractivity contribution in [2.75, 3.05) is 13.1 Å². The molecule has 0 bridgehead atoms. The third kappa shape index (κ3) is 5.52. The van der Waals surface area contributed by atoms with Gasteiger partial charge in [-0.1, -0.05) is 27.5 Å². The van der Waals surface area contributed by atoms with Crippen molar-refractivity contribution in [3.63, 3.8) is 0 Å². The first-order valence-corrected chi connectivity index (χ1v) is 6.71. The quantitative estimate of drug-likeness (QED) is 0.792. The van der Waals surface area contributed by atoms with Crippen molar-refractivity contribution in [3.05, 3.63) is 33.3 Å². The van der Waals surface area contributed by atoms with Crippen molar-refractivity contribution in [1.29, 1.82) is 0 Å². The molecule has 3 nitrogen and oxygen atoms in total. The van der Waals surface area contributed by atoms with E-state index in [9.17, 15) is 4.79 Å². The van der Waals surface area contributed by atoms with Gasteiger partial charge in [0.15, 0.2) is 0 Å². The minimum atomic E-state index is 0.0466. The molecular formula is C12H16BrClN2O. The summed E-state index contributed by atoms with van der Waals surface area (Å²) in [5.41, 5.74) is 6.39. The van der Waals surface area contributed by atoms with E-state index in [1.165, 1.54) is 0 Å². The molecular weight excluding hydrogens is 304 g/mol. The van der Waals surface area contributed by atoms with Crippen molar-refractivity contribution >= 4 is 33.4 Å². The first kappa shape index (κ1) is 14.5. The highest BCUT2D eigenvalue weighted by Crippen LogP contribution is 2.22. The fourth-order valence-corrected chi connectivity index (χ4v) is 2.04. The molecule has 0 unspecified atom stereocenters. The number of amides is 1. The van der Waals surface area contributed by atoms with Crippen LogP contribution in [0.1, 0.15) is 18.4 Å². The SMILES string of the molecule is NCCCNC(=O)CCc1cc(Cl)ccc1Br. The van der Waals surface area contributed by atoms with E-state index in [-0.39, 0.29) is 5.91 Å². The smallest absolute Gasteiger partial charge is 0.220 e. The van der Waals surface area contributed by atoms with E-state index in [2.05, 4.69) is 21.2 Å². The van der Waals surface area contributed by atoms with E-state index >= 15 is 0 Å². The molecule has 17 heavy (non-hydrogen) atoms. The molecule has 1 amide bonds. The van der Waals surface area contributed by atoms with E-state index < -0.39 is 0 Å². The number of halogens is 2. The summed E-state index contributed by atoms with van der Waals surface area (Å²) in [6.45, 7) is 1.24. The average molecular weight is 320 g/mol. The van der Waals surface area contributed by atoms with Crippen molar-refractivity contribution in [1.82, 2.24) is 5.32 Å². The van der Waals surface area contributed by atoms with Gasteiger partial charge in [-0.2, -0.15) is 0 Å². The van der Waals surface area contributed by atoms with Crippen molar-refractivity contribution in [3.8, 4) is 0 Å².